The molecule has 17 heavy (non-hydrogen) atoms. The third-order valence-corrected chi connectivity index (χ3v) is 2.40. The van der Waals surface area contributed by atoms with Crippen LogP contribution < -0.4 is 5.32 Å². The Balaban J connectivity index is 2.44. The van der Waals surface area contributed by atoms with Crippen molar-refractivity contribution in [2.45, 2.75) is 25.6 Å². The topological polar surface area (TPSA) is 52.5 Å². The summed E-state index contributed by atoms with van der Waals surface area (Å²) in [5, 5.41) is 21.6. The molecule has 2 atom stereocenters. The van der Waals surface area contributed by atoms with Gasteiger partial charge in [0, 0.05) is 18.2 Å². The summed E-state index contributed by atoms with van der Waals surface area (Å²) in [5.41, 5.74) is 0.0657. The second-order valence-corrected chi connectivity index (χ2v) is 4.02. The maximum Gasteiger partial charge on any atom is 0.131 e. The zero-order chi connectivity index (χ0) is 12.8. The van der Waals surface area contributed by atoms with Crippen LogP contribution in [0.5, 0.6) is 0 Å². The minimum Gasteiger partial charge on any atom is -0.393 e. The van der Waals surface area contributed by atoms with Crippen molar-refractivity contribution in [2.24, 2.45) is 0 Å². The van der Waals surface area contributed by atoms with E-state index in [1.807, 2.05) is 0 Å². The van der Waals surface area contributed by atoms with E-state index in [0.29, 0.717) is 13.0 Å². The van der Waals surface area contributed by atoms with Crippen molar-refractivity contribution in [3.8, 4) is 0 Å². The van der Waals surface area contributed by atoms with Gasteiger partial charge < -0.3 is 15.5 Å². The molecule has 0 bridgehead atoms. The Morgan fingerprint density at radius 3 is 2.59 bits per heavy atom. The van der Waals surface area contributed by atoms with Crippen LogP contribution in [0.15, 0.2) is 18.2 Å². The molecule has 2 unspecified atom stereocenters. The zero-order valence-electron chi connectivity index (χ0n) is 9.66. The largest absolute Gasteiger partial charge is 0.393 e. The fourth-order valence-corrected chi connectivity index (χ4v) is 1.43. The van der Waals surface area contributed by atoms with Crippen LogP contribution in [0.1, 0.15) is 25.0 Å². The van der Waals surface area contributed by atoms with Gasteiger partial charge in [-0.1, -0.05) is 6.07 Å². The lowest BCUT2D eigenvalue weighted by Gasteiger charge is -2.13. The molecule has 0 aromatic heterocycles. The molecule has 0 fully saturated rings. The first kappa shape index (κ1) is 14.0. The second-order valence-electron chi connectivity index (χ2n) is 4.02. The first-order valence-electron chi connectivity index (χ1n) is 5.52. The molecule has 0 spiro atoms. The van der Waals surface area contributed by atoms with Crippen molar-refractivity contribution in [2.75, 3.05) is 13.1 Å². The van der Waals surface area contributed by atoms with Crippen LogP contribution in [0.25, 0.3) is 0 Å². The summed E-state index contributed by atoms with van der Waals surface area (Å²) in [5.74, 6) is -1.42. The predicted molar refractivity (Wildman–Crippen MR) is 60.5 cm³/mol. The Morgan fingerprint density at radius 1 is 1.29 bits per heavy atom. The summed E-state index contributed by atoms with van der Waals surface area (Å²) in [7, 11) is 0. The lowest BCUT2D eigenvalue weighted by atomic mass is 10.1. The minimum absolute atomic E-state index is 0.0657. The van der Waals surface area contributed by atoms with E-state index in [-0.39, 0.29) is 12.1 Å². The van der Waals surface area contributed by atoms with E-state index in [2.05, 4.69) is 5.32 Å². The van der Waals surface area contributed by atoms with E-state index < -0.39 is 23.8 Å². The van der Waals surface area contributed by atoms with Gasteiger partial charge in [0.25, 0.3) is 0 Å². The highest BCUT2D eigenvalue weighted by Gasteiger charge is 2.12. The number of benzene rings is 1. The quantitative estimate of drug-likeness (QED) is 0.663. The molecule has 0 heterocycles. The summed E-state index contributed by atoms with van der Waals surface area (Å²) in [6, 6.07) is 3.08. The van der Waals surface area contributed by atoms with Gasteiger partial charge in [0.15, 0.2) is 0 Å². The molecule has 3 nitrogen and oxygen atoms in total. The van der Waals surface area contributed by atoms with Crippen LogP contribution in [0.4, 0.5) is 8.78 Å². The van der Waals surface area contributed by atoms with Crippen molar-refractivity contribution in [3.05, 3.63) is 35.4 Å². The minimum atomic E-state index is -1.02. The Labute approximate surface area is 99.1 Å². The van der Waals surface area contributed by atoms with Gasteiger partial charge in [-0.05, 0) is 26.0 Å². The average molecular weight is 245 g/mol. The van der Waals surface area contributed by atoms with E-state index >= 15 is 0 Å². The molecular formula is C12H17F2NO2. The number of aliphatic hydroxyl groups excluding tert-OH is 2. The fourth-order valence-electron chi connectivity index (χ4n) is 1.43. The third kappa shape index (κ3) is 4.77. The molecule has 0 amide bonds. The highest BCUT2D eigenvalue weighted by molar-refractivity contribution is 5.21. The number of hydrogen-bond acceptors (Lipinski definition) is 3. The highest BCUT2D eigenvalue weighted by atomic mass is 19.1. The predicted octanol–water partition coefficient (Wildman–Crippen LogP) is 1.36. The molecule has 5 heteroatoms. The van der Waals surface area contributed by atoms with Crippen LogP contribution in [0.2, 0.25) is 0 Å². The van der Waals surface area contributed by atoms with Crippen molar-refractivity contribution < 1.29 is 19.0 Å². The van der Waals surface area contributed by atoms with Gasteiger partial charge in [0.05, 0.1) is 12.2 Å². The van der Waals surface area contributed by atoms with Gasteiger partial charge in [0.1, 0.15) is 11.6 Å². The molecule has 1 aromatic rings. The van der Waals surface area contributed by atoms with Gasteiger partial charge in [0.2, 0.25) is 0 Å². The molecule has 3 N–H and O–H groups in total. The van der Waals surface area contributed by atoms with Crippen LogP contribution in [0, 0.1) is 11.6 Å². The number of aliphatic hydroxyl groups is 2. The molecule has 0 aliphatic heterocycles. The summed E-state index contributed by atoms with van der Waals surface area (Å²) in [6.45, 7) is 2.35. The number of nitrogens with one attached hydrogen (secondary N) is 1. The number of hydrogen-bond donors (Lipinski definition) is 3. The van der Waals surface area contributed by atoms with Crippen molar-refractivity contribution in [3.63, 3.8) is 0 Å². The summed E-state index contributed by atoms with van der Waals surface area (Å²) >= 11 is 0. The molecule has 0 saturated carbocycles. The Morgan fingerprint density at radius 2 is 2.00 bits per heavy atom. The molecule has 1 rings (SSSR count). The Bertz CT molecular complexity index is 358. The van der Waals surface area contributed by atoms with E-state index in [1.165, 1.54) is 6.07 Å². The van der Waals surface area contributed by atoms with E-state index in [0.717, 1.165) is 12.1 Å². The van der Waals surface area contributed by atoms with Crippen molar-refractivity contribution in [1.82, 2.24) is 5.32 Å². The van der Waals surface area contributed by atoms with E-state index in [1.54, 1.807) is 6.92 Å². The molecule has 0 aliphatic rings. The van der Waals surface area contributed by atoms with Gasteiger partial charge in [-0.3, -0.25) is 0 Å². The molecule has 1 aromatic carbocycles. The second kappa shape index (κ2) is 6.64. The Kier molecular flexibility index (Phi) is 5.47. The van der Waals surface area contributed by atoms with Crippen LogP contribution in [-0.2, 0) is 0 Å². The molecular weight excluding hydrogens is 228 g/mol. The first-order valence-corrected chi connectivity index (χ1v) is 5.52. The van der Waals surface area contributed by atoms with Crippen LogP contribution >= 0.6 is 0 Å². The van der Waals surface area contributed by atoms with Gasteiger partial charge in [-0.15, -0.1) is 0 Å². The summed E-state index contributed by atoms with van der Waals surface area (Å²) < 4.78 is 25.9. The summed E-state index contributed by atoms with van der Waals surface area (Å²) in [4.78, 5) is 0. The van der Waals surface area contributed by atoms with Crippen molar-refractivity contribution >= 4 is 0 Å². The maximum absolute atomic E-state index is 13.3. The number of halogens is 2. The first-order chi connectivity index (χ1) is 8.00. The lowest BCUT2D eigenvalue weighted by molar-refractivity contribution is 0.159. The third-order valence-electron chi connectivity index (χ3n) is 2.40. The Hall–Kier alpha value is -1.04. The molecule has 96 valence electrons. The average Bonchev–Trinajstić information content (AvgIpc) is 2.23. The SMILES string of the molecule is CC(O)CCNCC(O)c1ccc(F)cc1F. The zero-order valence-corrected chi connectivity index (χ0v) is 9.66. The fraction of sp³-hybridized carbons (Fsp3) is 0.500. The van der Waals surface area contributed by atoms with Crippen LogP contribution in [-0.4, -0.2) is 29.4 Å². The summed E-state index contributed by atoms with van der Waals surface area (Å²) in [6.07, 6.45) is -0.884. The smallest absolute Gasteiger partial charge is 0.131 e. The van der Waals surface area contributed by atoms with Crippen molar-refractivity contribution in [1.29, 1.82) is 0 Å². The molecule has 0 aliphatic carbocycles. The highest BCUT2D eigenvalue weighted by Crippen LogP contribution is 2.17. The molecule has 0 radical (unpaired) electrons. The van der Waals surface area contributed by atoms with Crippen LogP contribution in [0.3, 0.4) is 0 Å². The monoisotopic (exact) mass is 245 g/mol. The number of rotatable bonds is 6. The van der Waals surface area contributed by atoms with Gasteiger partial charge in [-0.25, -0.2) is 8.78 Å². The lowest BCUT2D eigenvalue weighted by Crippen LogP contribution is -2.25. The van der Waals surface area contributed by atoms with E-state index in [9.17, 15) is 13.9 Å². The molecule has 0 saturated heterocycles. The normalized spacial score (nSPS) is 14.6. The van der Waals surface area contributed by atoms with Gasteiger partial charge >= 0.3 is 0 Å². The van der Waals surface area contributed by atoms with E-state index in [4.69, 9.17) is 5.11 Å². The standard InChI is InChI=1S/C12H17F2NO2/c1-8(16)4-5-15-7-12(17)10-3-2-9(13)6-11(10)14/h2-3,6,8,12,15-17H,4-5,7H2,1H3. The van der Waals surface area contributed by atoms with Gasteiger partial charge in [-0.2, -0.15) is 0 Å². The maximum atomic E-state index is 13.3.